The maximum absolute atomic E-state index is 12.2. The second-order valence-electron chi connectivity index (χ2n) is 5.81. The third kappa shape index (κ3) is 5.51. The predicted octanol–water partition coefficient (Wildman–Crippen LogP) is 2.47. The van der Waals surface area contributed by atoms with Crippen LogP contribution in [0.15, 0.2) is 47.6 Å². The van der Waals surface area contributed by atoms with E-state index in [0.717, 1.165) is 16.8 Å². The third-order valence-electron chi connectivity index (χ3n) is 3.65. The first-order valence-corrected chi connectivity index (χ1v) is 10.1. The van der Waals surface area contributed by atoms with Gasteiger partial charge in [0.05, 0.1) is 23.1 Å². The number of aryl methyl sites for hydroxylation is 1. The first-order chi connectivity index (χ1) is 13.1. The van der Waals surface area contributed by atoms with E-state index in [0.29, 0.717) is 11.3 Å². The number of nitro groups is 1. The fraction of sp³-hybridized carbons (Fsp3) is 0.176. The normalized spacial score (nSPS) is 11.4. The summed E-state index contributed by atoms with van der Waals surface area (Å²) in [5.74, 6) is -0.688. The second-order valence-corrected chi connectivity index (χ2v) is 8.13. The van der Waals surface area contributed by atoms with Crippen LogP contribution in [0.4, 0.5) is 11.4 Å². The Labute approximate surface area is 166 Å². The van der Waals surface area contributed by atoms with Crippen LogP contribution in [0.5, 0.6) is 0 Å². The molecule has 11 heteroatoms. The molecule has 0 radical (unpaired) electrons. The van der Waals surface area contributed by atoms with E-state index >= 15 is 0 Å². The lowest BCUT2D eigenvalue weighted by molar-refractivity contribution is -0.384. The van der Waals surface area contributed by atoms with Gasteiger partial charge in [-0.15, -0.1) is 0 Å². The molecule has 1 N–H and O–H groups in total. The monoisotopic (exact) mass is 424 g/mol. The molecule has 0 aliphatic carbocycles. The molecule has 0 fully saturated rings. The Morgan fingerprint density at radius 3 is 2.61 bits per heavy atom. The van der Waals surface area contributed by atoms with Crippen molar-refractivity contribution in [3.8, 4) is 0 Å². The van der Waals surface area contributed by atoms with E-state index < -0.39 is 27.4 Å². The number of nitrogens with one attached hydrogen (secondary N) is 1. The minimum atomic E-state index is -3.71. The van der Waals surface area contributed by atoms with E-state index in [1.807, 2.05) is 0 Å². The van der Waals surface area contributed by atoms with Crippen LogP contribution >= 0.6 is 11.6 Å². The summed E-state index contributed by atoms with van der Waals surface area (Å²) >= 11 is 5.94. The molecule has 148 valence electrons. The van der Waals surface area contributed by atoms with Gasteiger partial charge in [0.1, 0.15) is 6.54 Å². The van der Waals surface area contributed by atoms with Crippen LogP contribution in [0.1, 0.15) is 11.1 Å². The summed E-state index contributed by atoms with van der Waals surface area (Å²) in [6.07, 6.45) is 2.14. The number of hydrogen-bond acceptors (Lipinski definition) is 6. The molecule has 28 heavy (non-hydrogen) atoms. The molecule has 0 unspecified atom stereocenters. The zero-order valence-electron chi connectivity index (χ0n) is 15.0. The van der Waals surface area contributed by atoms with Crippen molar-refractivity contribution in [2.75, 3.05) is 17.1 Å². The fourth-order valence-corrected chi connectivity index (χ4v) is 3.39. The average molecular weight is 425 g/mol. The van der Waals surface area contributed by atoms with Gasteiger partial charge < -0.3 is 0 Å². The summed E-state index contributed by atoms with van der Waals surface area (Å²) in [7, 11) is -3.71. The molecule has 0 spiro atoms. The molecule has 0 bridgehead atoms. The van der Waals surface area contributed by atoms with Gasteiger partial charge in [-0.25, -0.2) is 13.8 Å². The molecule has 0 heterocycles. The minimum absolute atomic E-state index is 0.181. The van der Waals surface area contributed by atoms with Crippen molar-refractivity contribution in [1.82, 2.24) is 5.43 Å². The lowest BCUT2D eigenvalue weighted by Crippen LogP contribution is -2.39. The number of benzene rings is 2. The number of hydrazone groups is 1. The highest BCUT2D eigenvalue weighted by Gasteiger charge is 2.22. The Kier molecular flexibility index (Phi) is 6.71. The van der Waals surface area contributed by atoms with Crippen LogP contribution in [0, 0.1) is 17.0 Å². The van der Waals surface area contributed by atoms with E-state index in [1.165, 1.54) is 18.2 Å². The molecule has 0 saturated heterocycles. The lowest BCUT2D eigenvalue weighted by Gasteiger charge is -2.23. The highest BCUT2D eigenvalue weighted by molar-refractivity contribution is 7.92. The Hall–Kier alpha value is -2.98. The van der Waals surface area contributed by atoms with Crippen molar-refractivity contribution in [3.05, 3.63) is 68.7 Å². The number of amides is 1. The highest BCUT2D eigenvalue weighted by atomic mass is 35.5. The Morgan fingerprint density at radius 2 is 2.00 bits per heavy atom. The van der Waals surface area contributed by atoms with Gasteiger partial charge in [-0.3, -0.25) is 19.2 Å². The Balaban J connectivity index is 2.14. The van der Waals surface area contributed by atoms with Gasteiger partial charge in [-0.1, -0.05) is 29.8 Å². The van der Waals surface area contributed by atoms with Crippen molar-refractivity contribution in [3.63, 3.8) is 0 Å². The number of nitrogens with zero attached hydrogens (tertiary/aromatic N) is 3. The standard InChI is InChI=1S/C17H17ClN4O5S/c1-12-5-3-4-6-16(12)21(28(2,26)27)11-17(23)20-19-10-13-9-14(22(24)25)7-8-15(13)18/h3-10H,11H2,1-2H3,(H,20,23)/b19-10-. The lowest BCUT2D eigenvalue weighted by atomic mass is 10.2. The summed E-state index contributed by atoms with van der Waals surface area (Å²) in [4.78, 5) is 22.4. The fourth-order valence-electron chi connectivity index (χ4n) is 2.31. The zero-order valence-corrected chi connectivity index (χ0v) is 16.6. The Bertz CT molecular complexity index is 1040. The van der Waals surface area contributed by atoms with Crippen molar-refractivity contribution in [1.29, 1.82) is 0 Å². The van der Waals surface area contributed by atoms with E-state index in [1.54, 1.807) is 31.2 Å². The van der Waals surface area contributed by atoms with Gasteiger partial charge in [0.15, 0.2) is 0 Å². The molecule has 0 aliphatic rings. The highest BCUT2D eigenvalue weighted by Crippen LogP contribution is 2.22. The quantitative estimate of drug-likeness (QED) is 0.415. The number of carbonyl (C=O) groups excluding carboxylic acids is 1. The van der Waals surface area contributed by atoms with Gasteiger partial charge in [-0.2, -0.15) is 5.10 Å². The van der Waals surface area contributed by atoms with E-state index in [4.69, 9.17) is 11.6 Å². The predicted molar refractivity (Wildman–Crippen MR) is 107 cm³/mol. The summed E-state index contributed by atoms with van der Waals surface area (Å²) in [6.45, 7) is 1.25. The van der Waals surface area contributed by atoms with E-state index in [2.05, 4.69) is 10.5 Å². The maximum Gasteiger partial charge on any atom is 0.270 e. The summed E-state index contributed by atoms with van der Waals surface area (Å²) in [6, 6.07) is 10.5. The molecule has 0 aliphatic heterocycles. The van der Waals surface area contributed by atoms with Crippen LogP contribution in [-0.4, -0.2) is 38.3 Å². The largest absolute Gasteiger partial charge is 0.271 e. The number of nitro benzene ring substituents is 1. The van der Waals surface area contributed by atoms with Gasteiger partial charge in [0.25, 0.3) is 11.6 Å². The first kappa shape index (κ1) is 21.3. The smallest absolute Gasteiger partial charge is 0.270 e. The third-order valence-corrected chi connectivity index (χ3v) is 5.13. The number of para-hydroxylation sites is 1. The summed E-state index contributed by atoms with van der Waals surface area (Å²) < 4.78 is 25.1. The molecule has 2 aromatic rings. The number of carbonyl (C=O) groups is 1. The topological polar surface area (TPSA) is 122 Å². The van der Waals surface area contributed by atoms with Gasteiger partial charge >= 0.3 is 0 Å². The minimum Gasteiger partial charge on any atom is -0.271 e. The number of non-ortho nitro benzene ring substituents is 1. The van der Waals surface area contributed by atoms with Crippen LogP contribution < -0.4 is 9.73 Å². The van der Waals surface area contributed by atoms with E-state index in [9.17, 15) is 23.3 Å². The van der Waals surface area contributed by atoms with Crippen LogP contribution in [0.2, 0.25) is 5.02 Å². The van der Waals surface area contributed by atoms with Gasteiger partial charge in [-0.05, 0) is 24.6 Å². The van der Waals surface area contributed by atoms with Gasteiger partial charge in [0.2, 0.25) is 10.0 Å². The number of sulfonamides is 1. The van der Waals surface area contributed by atoms with Crippen molar-refractivity contribution >= 4 is 45.1 Å². The van der Waals surface area contributed by atoms with E-state index in [-0.39, 0.29) is 16.3 Å². The molecule has 9 nitrogen and oxygen atoms in total. The van der Waals surface area contributed by atoms with Crippen LogP contribution in [-0.2, 0) is 14.8 Å². The number of anilines is 1. The number of rotatable bonds is 7. The van der Waals surface area contributed by atoms with Crippen molar-refractivity contribution < 1.29 is 18.1 Å². The zero-order chi connectivity index (χ0) is 20.9. The molecule has 1 amide bonds. The molecule has 2 aromatic carbocycles. The molecular weight excluding hydrogens is 408 g/mol. The molecule has 0 saturated carbocycles. The maximum atomic E-state index is 12.2. The molecule has 0 atom stereocenters. The van der Waals surface area contributed by atoms with Crippen molar-refractivity contribution in [2.45, 2.75) is 6.92 Å². The van der Waals surface area contributed by atoms with Crippen LogP contribution in [0.25, 0.3) is 0 Å². The Morgan fingerprint density at radius 1 is 1.32 bits per heavy atom. The molecule has 0 aromatic heterocycles. The average Bonchev–Trinajstić information content (AvgIpc) is 2.61. The summed E-state index contributed by atoms with van der Waals surface area (Å²) in [5, 5.41) is 14.7. The second kappa shape index (κ2) is 8.81. The SMILES string of the molecule is Cc1ccccc1N(CC(=O)N/N=C\c1cc([N+](=O)[O-])ccc1Cl)S(C)(=O)=O. The first-order valence-electron chi connectivity index (χ1n) is 7.89. The molecular formula is C17H17ClN4O5S. The van der Waals surface area contributed by atoms with Gasteiger partial charge in [0, 0.05) is 22.7 Å². The van der Waals surface area contributed by atoms with Crippen molar-refractivity contribution in [2.24, 2.45) is 5.10 Å². The van der Waals surface area contributed by atoms with Crippen LogP contribution in [0.3, 0.4) is 0 Å². The molecule has 2 rings (SSSR count). The number of hydrogen-bond donors (Lipinski definition) is 1. The number of halogens is 1. The summed E-state index contributed by atoms with van der Waals surface area (Å²) in [5.41, 5.74) is 3.31.